The van der Waals surface area contributed by atoms with Gasteiger partial charge in [-0.1, -0.05) is 6.58 Å². The zero-order valence-electron chi connectivity index (χ0n) is 10.6. The third-order valence-electron chi connectivity index (χ3n) is 2.01. The summed E-state index contributed by atoms with van der Waals surface area (Å²) >= 11 is 5.82. The second kappa shape index (κ2) is 6.30. The summed E-state index contributed by atoms with van der Waals surface area (Å²) in [4.78, 5) is 25.0. The number of hydrogen-bond donors (Lipinski definition) is 1. The van der Waals surface area contributed by atoms with Gasteiger partial charge in [0.05, 0.1) is 0 Å². The van der Waals surface area contributed by atoms with Gasteiger partial charge in [0.15, 0.2) is 0 Å². The molecule has 0 atom stereocenters. The number of rotatable bonds is 5. The van der Waals surface area contributed by atoms with Crippen molar-refractivity contribution in [3.05, 3.63) is 17.9 Å². The van der Waals surface area contributed by atoms with E-state index in [9.17, 15) is 4.79 Å². The number of nitrogens with zero attached hydrogens (tertiary/aromatic N) is 4. The minimum Gasteiger partial charge on any atom is -0.352 e. The summed E-state index contributed by atoms with van der Waals surface area (Å²) < 4.78 is 0. The predicted molar refractivity (Wildman–Crippen MR) is 71.8 cm³/mol. The van der Waals surface area contributed by atoms with Gasteiger partial charge in [0.2, 0.25) is 17.2 Å². The second-order valence-electron chi connectivity index (χ2n) is 3.81. The molecular weight excluding hydrogens is 254 g/mol. The first-order valence-electron chi connectivity index (χ1n) is 5.60. The summed E-state index contributed by atoms with van der Waals surface area (Å²) in [5.74, 6) is 0.274. The van der Waals surface area contributed by atoms with Crippen molar-refractivity contribution in [3.8, 4) is 0 Å². The third kappa shape index (κ3) is 3.66. The molecule has 0 saturated carbocycles. The average molecular weight is 270 g/mol. The van der Waals surface area contributed by atoms with Crippen LogP contribution in [0.15, 0.2) is 12.7 Å². The molecular formula is C11H16ClN5O. The van der Waals surface area contributed by atoms with Crippen LogP contribution in [0.3, 0.4) is 0 Å². The van der Waals surface area contributed by atoms with E-state index in [2.05, 4.69) is 26.8 Å². The Bertz CT molecular complexity index is 449. The van der Waals surface area contributed by atoms with Gasteiger partial charge in [0.1, 0.15) is 0 Å². The molecule has 1 rings (SSSR count). The SMILES string of the molecule is C=CC(=O)N(CC)c1nc(Cl)nc(NC(C)C)n1. The second-order valence-corrected chi connectivity index (χ2v) is 4.15. The third-order valence-corrected chi connectivity index (χ3v) is 2.18. The van der Waals surface area contributed by atoms with Crippen LogP contribution in [0, 0.1) is 0 Å². The molecule has 0 radical (unpaired) electrons. The molecule has 0 bridgehead atoms. The van der Waals surface area contributed by atoms with Crippen LogP contribution in [0.1, 0.15) is 20.8 Å². The van der Waals surface area contributed by atoms with E-state index in [4.69, 9.17) is 11.6 Å². The highest BCUT2D eigenvalue weighted by Gasteiger charge is 2.16. The van der Waals surface area contributed by atoms with E-state index in [-0.39, 0.29) is 23.2 Å². The molecule has 98 valence electrons. The smallest absolute Gasteiger partial charge is 0.252 e. The van der Waals surface area contributed by atoms with E-state index < -0.39 is 0 Å². The zero-order chi connectivity index (χ0) is 13.7. The van der Waals surface area contributed by atoms with Gasteiger partial charge in [-0.15, -0.1) is 0 Å². The first kappa shape index (κ1) is 14.4. The van der Waals surface area contributed by atoms with Crippen molar-refractivity contribution in [2.45, 2.75) is 26.8 Å². The highest BCUT2D eigenvalue weighted by atomic mass is 35.5. The van der Waals surface area contributed by atoms with Gasteiger partial charge in [-0.25, -0.2) is 0 Å². The molecule has 1 aromatic heterocycles. The lowest BCUT2D eigenvalue weighted by Gasteiger charge is -2.17. The first-order valence-corrected chi connectivity index (χ1v) is 5.97. The van der Waals surface area contributed by atoms with Crippen molar-refractivity contribution < 1.29 is 4.79 Å². The van der Waals surface area contributed by atoms with Crippen LogP contribution in [0.2, 0.25) is 5.28 Å². The predicted octanol–water partition coefficient (Wildman–Crippen LogP) is 1.88. The van der Waals surface area contributed by atoms with Gasteiger partial charge >= 0.3 is 0 Å². The fourth-order valence-electron chi connectivity index (χ4n) is 1.29. The van der Waals surface area contributed by atoms with Crippen LogP contribution < -0.4 is 10.2 Å². The standard InChI is InChI=1S/C11H16ClN5O/c1-5-8(18)17(6-2)11-15-9(12)14-10(16-11)13-7(3)4/h5,7H,1,6H2,2-4H3,(H,13,14,15,16). The molecule has 1 N–H and O–H groups in total. The topological polar surface area (TPSA) is 71.0 Å². The number of likely N-dealkylation sites (N-methyl/N-ethyl adjacent to an activating group) is 1. The van der Waals surface area contributed by atoms with Crippen LogP contribution in [0.4, 0.5) is 11.9 Å². The summed E-state index contributed by atoms with van der Waals surface area (Å²) in [5, 5.41) is 3.05. The molecule has 6 nitrogen and oxygen atoms in total. The number of carbonyl (C=O) groups excluding carboxylic acids is 1. The van der Waals surface area contributed by atoms with Crippen molar-refractivity contribution in [1.82, 2.24) is 15.0 Å². The highest BCUT2D eigenvalue weighted by Crippen LogP contribution is 2.14. The molecule has 0 unspecified atom stereocenters. The van der Waals surface area contributed by atoms with Crippen LogP contribution in [0.25, 0.3) is 0 Å². The van der Waals surface area contributed by atoms with E-state index in [0.29, 0.717) is 12.5 Å². The summed E-state index contributed by atoms with van der Waals surface area (Å²) in [6, 6.07) is 0.154. The van der Waals surface area contributed by atoms with Gasteiger partial charge in [-0.2, -0.15) is 15.0 Å². The molecule has 18 heavy (non-hydrogen) atoms. The minimum atomic E-state index is -0.282. The van der Waals surface area contributed by atoms with E-state index in [0.717, 1.165) is 0 Å². The Morgan fingerprint density at radius 2 is 2.17 bits per heavy atom. The number of anilines is 2. The van der Waals surface area contributed by atoms with E-state index in [1.165, 1.54) is 11.0 Å². The molecule has 7 heteroatoms. The van der Waals surface area contributed by atoms with Gasteiger partial charge in [0, 0.05) is 12.6 Å². The Morgan fingerprint density at radius 1 is 1.50 bits per heavy atom. The molecule has 0 fully saturated rings. The zero-order valence-corrected chi connectivity index (χ0v) is 11.4. The number of amides is 1. The number of halogens is 1. The van der Waals surface area contributed by atoms with Crippen molar-refractivity contribution in [3.63, 3.8) is 0 Å². The number of carbonyl (C=O) groups is 1. The maximum atomic E-state index is 11.6. The molecule has 0 spiro atoms. The summed E-state index contributed by atoms with van der Waals surface area (Å²) in [6.07, 6.45) is 1.21. The maximum absolute atomic E-state index is 11.6. The summed E-state index contributed by atoms with van der Waals surface area (Å²) in [5.41, 5.74) is 0. The summed E-state index contributed by atoms with van der Waals surface area (Å²) in [6.45, 7) is 9.57. The normalized spacial score (nSPS) is 10.3. The highest BCUT2D eigenvalue weighted by molar-refractivity contribution is 6.28. The fraction of sp³-hybridized carbons (Fsp3) is 0.455. The molecule has 1 amide bonds. The first-order chi connectivity index (χ1) is 8.47. The van der Waals surface area contributed by atoms with Gasteiger partial charge in [0.25, 0.3) is 5.91 Å². The Morgan fingerprint density at radius 3 is 2.67 bits per heavy atom. The van der Waals surface area contributed by atoms with Crippen LogP contribution >= 0.6 is 11.6 Å². The van der Waals surface area contributed by atoms with Crippen LogP contribution in [-0.4, -0.2) is 33.4 Å². The van der Waals surface area contributed by atoms with Gasteiger partial charge in [-0.05, 0) is 38.4 Å². The number of hydrogen-bond acceptors (Lipinski definition) is 5. The van der Waals surface area contributed by atoms with E-state index >= 15 is 0 Å². The van der Waals surface area contributed by atoms with Crippen molar-refractivity contribution >= 4 is 29.4 Å². The molecule has 1 aromatic rings. The lowest BCUT2D eigenvalue weighted by atomic mass is 10.4. The van der Waals surface area contributed by atoms with E-state index in [1.54, 1.807) is 0 Å². The lowest BCUT2D eigenvalue weighted by Crippen LogP contribution is -2.31. The van der Waals surface area contributed by atoms with Crippen LogP contribution in [0.5, 0.6) is 0 Å². The van der Waals surface area contributed by atoms with Gasteiger partial charge < -0.3 is 5.32 Å². The summed E-state index contributed by atoms with van der Waals surface area (Å²) in [7, 11) is 0. The largest absolute Gasteiger partial charge is 0.352 e. The molecule has 0 aliphatic rings. The molecule has 1 heterocycles. The van der Waals surface area contributed by atoms with Gasteiger partial charge in [-0.3, -0.25) is 9.69 Å². The van der Waals surface area contributed by atoms with Crippen LogP contribution in [-0.2, 0) is 4.79 Å². The van der Waals surface area contributed by atoms with Crippen molar-refractivity contribution in [1.29, 1.82) is 0 Å². The number of aromatic nitrogens is 3. The van der Waals surface area contributed by atoms with Crippen molar-refractivity contribution in [2.75, 3.05) is 16.8 Å². The quantitative estimate of drug-likeness (QED) is 0.827. The van der Waals surface area contributed by atoms with E-state index in [1.807, 2.05) is 20.8 Å². The Labute approximate surface area is 111 Å². The molecule has 0 aliphatic heterocycles. The monoisotopic (exact) mass is 269 g/mol. The Kier molecular flexibility index (Phi) is 5.03. The molecule has 0 aliphatic carbocycles. The lowest BCUT2D eigenvalue weighted by molar-refractivity contribution is -0.114. The molecule has 0 saturated heterocycles. The molecule has 0 aromatic carbocycles. The average Bonchev–Trinajstić information content (AvgIpc) is 2.28. The fourth-order valence-corrected chi connectivity index (χ4v) is 1.44. The van der Waals surface area contributed by atoms with Crippen molar-refractivity contribution in [2.24, 2.45) is 0 Å². The minimum absolute atomic E-state index is 0.0402. The Hall–Kier alpha value is -1.69. The number of nitrogens with one attached hydrogen (secondary N) is 1. The maximum Gasteiger partial charge on any atom is 0.252 e. The Balaban J connectivity index is 3.10.